The molecule has 7 nitrogen and oxygen atoms in total. The van der Waals surface area contributed by atoms with Crippen LogP contribution < -0.4 is 0 Å². The highest BCUT2D eigenvalue weighted by molar-refractivity contribution is 4.96. The second-order valence-corrected chi connectivity index (χ2v) is 5.73. The van der Waals surface area contributed by atoms with Crippen molar-refractivity contribution >= 4 is 0 Å². The van der Waals surface area contributed by atoms with Crippen LogP contribution in [-0.4, -0.2) is 64.8 Å². The lowest BCUT2D eigenvalue weighted by Gasteiger charge is -2.33. The van der Waals surface area contributed by atoms with E-state index in [-0.39, 0.29) is 6.10 Å². The van der Waals surface area contributed by atoms with Gasteiger partial charge in [0, 0.05) is 32.0 Å². The molecule has 2 atom stereocenters. The number of aliphatic hydroxyl groups is 1. The number of aliphatic hydroxyl groups excluding tert-OH is 1. The zero-order valence-electron chi connectivity index (χ0n) is 13.1. The highest BCUT2D eigenvalue weighted by Gasteiger charge is 2.22. The van der Waals surface area contributed by atoms with Gasteiger partial charge >= 0.3 is 0 Å². The smallest absolute Gasteiger partial charge is 0.129 e. The average molecular weight is 321 g/mol. The monoisotopic (exact) mass is 321 g/mol. The molecule has 0 saturated carbocycles. The summed E-state index contributed by atoms with van der Waals surface area (Å²) in [5.74, 6) is 0.767. The largest absolute Gasteiger partial charge is 0.467 e. The number of aromatic nitrogens is 2. The van der Waals surface area contributed by atoms with Crippen molar-refractivity contribution in [3.8, 4) is 0 Å². The Labute approximate surface area is 135 Å². The van der Waals surface area contributed by atoms with Crippen LogP contribution in [0.4, 0.5) is 0 Å². The lowest BCUT2D eigenvalue weighted by atomic mass is 10.2. The van der Waals surface area contributed by atoms with Crippen molar-refractivity contribution in [3.63, 3.8) is 0 Å². The minimum atomic E-state index is -0.520. The fourth-order valence-corrected chi connectivity index (χ4v) is 2.71. The molecule has 0 aromatic carbocycles. The van der Waals surface area contributed by atoms with Crippen molar-refractivity contribution in [2.75, 3.05) is 32.8 Å². The summed E-state index contributed by atoms with van der Waals surface area (Å²) < 4.78 is 18.3. The maximum atomic E-state index is 10.1. The third-order valence-electron chi connectivity index (χ3n) is 3.78. The molecular formula is C16H23N3O4. The molecule has 1 fully saturated rings. The number of rotatable bonds is 8. The molecule has 1 aliphatic heterocycles. The van der Waals surface area contributed by atoms with E-state index in [4.69, 9.17) is 13.9 Å². The Hall–Kier alpha value is -1.67. The number of hydrogen-bond donors (Lipinski definition) is 1. The normalized spacial score (nSPS) is 20.7. The van der Waals surface area contributed by atoms with Crippen LogP contribution in [0.3, 0.4) is 0 Å². The van der Waals surface area contributed by atoms with Crippen molar-refractivity contribution in [1.82, 2.24) is 14.7 Å². The van der Waals surface area contributed by atoms with Crippen molar-refractivity contribution in [3.05, 3.63) is 42.6 Å². The van der Waals surface area contributed by atoms with Gasteiger partial charge in [0.05, 0.1) is 38.2 Å². The van der Waals surface area contributed by atoms with Gasteiger partial charge in [0.15, 0.2) is 0 Å². The number of β-amino-alcohol motifs (C(OH)–C–C–N with tert-alkyl or cyclic N) is 1. The minimum Gasteiger partial charge on any atom is -0.467 e. The molecule has 1 saturated heterocycles. The molecule has 1 aliphatic rings. The van der Waals surface area contributed by atoms with Crippen LogP contribution in [0.5, 0.6) is 0 Å². The van der Waals surface area contributed by atoms with Gasteiger partial charge in [-0.25, -0.2) is 0 Å². The van der Waals surface area contributed by atoms with E-state index in [1.807, 2.05) is 29.1 Å². The van der Waals surface area contributed by atoms with Crippen LogP contribution in [-0.2, 0) is 22.6 Å². The highest BCUT2D eigenvalue weighted by Crippen LogP contribution is 2.09. The fraction of sp³-hybridized carbons (Fsp3) is 0.562. The topological polar surface area (TPSA) is 72.9 Å². The molecule has 0 spiro atoms. The highest BCUT2D eigenvalue weighted by atomic mass is 16.5. The Morgan fingerprint density at radius 3 is 3.17 bits per heavy atom. The Kier molecular flexibility index (Phi) is 5.82. The van der Waals surface area contributed by atoms with Gasteiger partial charge in [0.25, 0.3) is 0 Å². The number of furan rings is 1. The average Bonchev–Trinajstić information content (AvgIpc) is 3.21. The first-order valence-corrected chi connectivity index (χ1v) is 7.89. The molecule has 2 aromatic rings. The van der Waals surface area contributed by atoms with Gasteiger partial charge in [-0.05, 0) is 18.2 Å². The molecule has 7 heteroatoms. The van der Waals surface area contributed by atoms with Crippen molar-refractivity contribution in [2.45, 2.75) is 25.4 Å². The van der Waals surface area contributed by atoms with E-state index < -0.39 is 6.10 Å². The predicted octanol–water partition coefficient (Wildman–Crippen LogP) is 0.755. The summed E-state index contributed by atoms with van der Waals surface area (Å²) in [4.78, 5) is 2.21. The zero-order valence-corrected chi connectivity index (χ0v) is 13.1. The van der Waals surface area contributed by atoms with E-state index >= 15 is 0 Å². The molecule has 0 unspecified atom stereocenters. The van der Waals surface area contributed by atoms with E-state index in [0.717, 1.165) is 25.4 Å². The molecular weight excluding hydrogens is 298 g/mol. The molecule has 0 radical (unpaired) electrons. The summed E-state index contributed by atoms with van der Waals surface area (Å²) in [6, 6.07) is 5.58. The first kappa shape index (κ1) is 16.2. The fourth-order valence-electron chi connectivity index (χ4n) is 2.71. The van der Waals surface area contributed by atoms with Gasteiger partial charge in [0.1, 0.15) is 12.4 Å². The molecule has 0 aliphatic carbocycles. The first-order valence-electron chi connectivity index (χ1n) is 7.89. The number of nitrogens with zero attached hydrogens (tertiary/aromatic N) is 3. The molecule has 126 valence electrons. The number of morpholine rings is 1. The lowest BCUT2D eigenvalue weighted by molar-refractivity contribution is -0.0590. The number of ether oxygens (including phenoxy) is 2. The van der Waals surface area contributed by atoms with E-state index in [2.05, 4.69) is 10.00 Å². The standard InChI is InChI=1S/C16H23N3O4/c20-14(12-21-13-15-3-1-7-22-15)9-18-6-8-23-16(10-18)11-19-5-2-4-17-19/h1-5,7,14,16,20H,6,8-13H2/t14-,16+/m0/s1. The summed E-state index contributed by atoms with van der Waals surface area (Å²) in [6.07, 6.45) is 4.89. The van der Waals surface area contributed by atoms with E-state index in [1.54, 1.807) is 12.5 Å². The lowest BCUT2D eigenvalue weighted by Crippen LogP contribution is -2.47. The maximum absolute atomic E-state index is 10.1. The molecule has 0 bridgehead atoms. The first-order chi connectivity index (χ1) is 11.3. The number of hydrogen-bond acceptors (Lipinski definition) is 6. The Bertz CT molecular complexity index is 544. The molecule has 23 heavy (non-hydrogen) atoms. The van der Waals surface area contributed by atoms with Crippen LogP contribution in [0.25, 0.3) is 0 Å². The minimum absolute atomic E-state index is 0.0971. The second-order valence-electron chi connectivity index (χ2n) is 5.73. The Morgan fingerprint density at radius 1 is 1.43 bits per heavy atom. The third kappa shape index (κ3) is 5.18. The molecule has 1 N–H and O–H groups in total. The molecule has 0 amide bonds. The van der Waals surface area contributed by atoms with E-state index in [9.17, 15) is 5.11 Å². The summed E-state index contributed by atoms with van der Waals surface area (Å²) in [5, 5.41) is 14.3. The van der Waals surface area contributed by atoms with Crippen molar-refractivity contribution < 1.29 is 19.0 Å². The molecule has 2 aromatic heterocycles. The predicted molar refractivity (Wildman–Crippen MR) is 82.8 cm³/mol. The zero-order chi connectivity index (χ0) is 15.9. The summed E-state index contributed by atoms with van der Waals surface area (Å²) in [5.41, 5.74) is 0. The Morgan fingerprint density at radius 2 is 2.39 bits per heavy atom. The van der Waals surface area contributed by atoms with Crippen LogP contribution in [0.2, 0.25) is 0 Å². The SMILES string of the molecule is O[C@H](COCc1ccco1)CN1CCO[C@@H](Cn2cccn2)C1. The summed E-state index contributed by atoms with van der Waals surface area (Å²) >= 11 is 0. The summed E-state index contributed by atoms with van der Waals surface area (Å²) in [7, 11) is 0. The quantitative estimate of drug-likeness (QED) is 0.774. The van der Waals surface area contributed by atoms with Gasteiger partial charge in [-0.1, -0.05) is 0 Å². The Balaban J connectivity index is 1.36. The van der Waals surface area contributed by atoms with Gasteiger partial charge < -0.3 is 19.0 Å². The van der Waals surface area contributed by atoms with Crippen LogP contribution >= 0.6 is 0 Å². The van der Waals surface area contributed by atoms with Crippen molar-refractivity contribution in [2.24, 2.45) is 0 Å². The maximum Gasteiger partial charge on any atom is 0.129 e. The van der Waals surface area contributed by atoms with E-state index in [0.29, 0.717) is 26.4 Å². The van der Waals surface area contributed by atoms with Gasteiger partial charge in [-0.15, -0.1) is 0 Å². The van der Waals surface area contributed by atoms with Crippen LogP contribution in [0, 0.1) is 0 Å². The van der Waals surface area contributed by atoms with Crippen molar-refractivity contribution in [1.29, 1.82) is 0 Å². The molecule has 3 rings (SSSR count). The van der Waals surface area contributed by atoms with E-state index in [1.165, 1.54) is 0 Å². The third-order valence-corrected chi connectivity index (χ3v) is 3.78. The van der Waals surface area contributed by atoms with Crippen LogP contribution in [0.15, 0.2) is 41.3 Å². The van der Waals surface area contributed by atoms with Crippen LogP contribution in [0.1, 0.15) is 5.76 Å². The van der Waals surface area contributed by atoms with Gasteiger partial charge in [0.2, 0.25) is 0 Å². The molecule has 3 heterocycles. The summed E-state index contributed by atoms with van der Waals surface area (Å²) in [6.45, 7) is 4.27. The second kappa shape index (κ2) is 8.26. The van der Waals surface area contributed by atoms with Gasteiger partial charge in [-0.3, -0.25) is 9.58 Å². The van der Waals surface area contributed by atoms with Gasteiger partial charge in [-0.2, -0.15) is 5.10 Å².